The smallest absolute Gasteiger partial charge is 0.261 e. The number of rotatable bonds is 5. The molecule has 0 bridgehead atoms. The Balaban J connectivity index is 1.71. The molecule has 0 saturated heterocycles. The molecule has 2 heterocycles. The number of aromatic nitrogens is 2. The van der Waals surface area contributed by atoms with Crippen molar-refractivity contribution in [3.63, 3.8) is 0 Å². The van der Waals surface area contributed by atoms with E-state index in [1.165, 1.54) is 15.4 Å². The molecule has 1 aromatic heterocycles. The molecule has 1 aromatic carbocycles. The molecule has 130 valence electrons. The van der Waals surface area contributed by atoms with Gasteiger partial charge in [0.15, 0.2) is 5.03 Å². The molecule has 0 N–H and O–H groups in total. The van der Waals surface area contributed by atoms with Crippen LogP contribution in [0.1, 0.15) is 31.0 Å². The molecule has 0 spiro atoms. The first-order chi connectivity index (χ1) is 11.4. The highest BCUT2D eigenvalue weighted by Crippen LogP contribution is 2.22. The maximum atomic E-state index is 12.7. The highest BCUT2D eigenvalue weighted by molar-refractivity contribution is 7.89. The number of likely N-dealkylation sites (N-methyl/N-ethyl adjacent to an activating group) is 1. The second-order valence-electron chi connectivity index (χ2n) is 6.44. The van der Waals surface area contributed by atoms with Gasteiger partial charge in [-0.15, -0.1) is 0 Å². The van der Waals surface area contributed by atoms with Gasteiger partial charge in [0.25, 0.3) is 10.0 Å². The molecule has 0 aliphatic carbocycles. The largest absolute Gasteiger partial charge is 0.372 e. The van der Waals surface area contributed by atoms with Crippen LogP contribution in [0.25, 0.3) is 0 Å². The van der Waals surface area contributed by atoms with Gasteiger partial charge in [-0.05, 0) is 25.0 Å². The molecule has 0 radical (unpaired) electrons. The summed E-state index contributed by atoms with van der Waals surface area (Å²) in [4.78, 5) is 4.05. The number of sulfonamides is 1. The van der Waals surface area contributed by atoms with Crippen molar-refractivity contribution < 1.29 is 13.2 Å². The highest BCUT2D eigenvalue weighted by Gasteiger charge is 2.28. The van der Waals surface area contributed by atoms with Crippen molar-refractivity contribution in [2.75, 3.05) is 13.6 Å². The molecule has 6 nitrogen and oxygen atoms in total. The summed E-state index contributed by atoms with van der Waals surface area (Å²) in [6.07, 6.45) is 3.70. The predicted octanol–water partition coefficient (Wildman–Crippen LogP) is 2.23. The monoisotopic (exact) mass is 349 g/mol. The van der Waals surface area contributed by atoms with E-state index in [2.05, 4.69) is 11.1 Å². The summed E-state index contributed by atoms with van der Waals surface area (Å²) in [6.45, 7) is 4.80. The maximum Gasteiger partial charge on any atom is 0.261 e. The lowest BCUT2D eigenvalue weighted by Crippen LogP contribution is -2.38. The lowest BCUT2D eigenvalue weighted by Gasteiger charge is -2.28. The summed E-state index contributed by atoms with van der Waals surface area (Å²) in [5.41, 5.74) is 2.40. The van der Waals surface area contributed by atoms with Gasteiger partial charge in [0.1, 0.15) is 0 Å². The molecule has 24 heavy (non-hydrogen) atoms. The van der Waals surface area contributed by atoms with E-state index in [9.17, 15) is 8.42 Å². The third-order valence-electron chi connectivity index (χ3n) is 4.35. The van der Waals surface area contributed by atoms with Crippen molar-refractivity contribution in [2.24, 2.45) is 0 Å². The summed E-state index contributed by atoms with van der Waals surface area (Å²) in [5, 5.41) is 0.0786. The van der Waals surface area contributed by atoms with Gasteiger partial charge < -0.3 is 9.30 Å². The van der Waals surface area contributed by atoms with Crippen LogP contribution in [0, 0.1) is 0 Å². The Kier molecular flexibility index (Phi) is 4.76. The number of nitrogens with zero attached hydrogens (tertiary/aromatic N) is 3. The Labute approximate surface area is 143 Å². The molecule has 7 heteroatoms. The van der Waals surface area contributed by atoms with Crippen LogP contribution in [0.5, 0.6) is 0 Å². The third-order valence-corrected chi connectivity index (χ3v) is 6.06. The van der Waals surface area contributed by atoms with E-state index < -0.39 is 10.0 Å². The number of hydrogen-bond donors (Lipinski definition) is 0. The van der Waals surface area contributed by atoms with Crippen LogP contribution in [-0.4, -0.2) is 42.0 Å². The fourth-order valence-corrected chi connectivity index (χ4v) is 3.92. The Morgan fingerprint density at radius 2 is 2.04 bits per heavy atom. The van der Waals surface area contributed by atoms with Crippen molar-refractivity contribution in [3.8, 4) is 0 Å². The Hall–Kier alpha value is -1.70. The highest BCUT2D eigenvalue weighted by atomic mass is 32.2. The summed E-state index contributed by atoms with van der Waals surface area (Å²) in [7, 11) is -2.03. The van der Waals surface area contributed by atoms with Gasteiger partial charge >= 0.3 is 0 Å². The minimum absolute atomic E-state index is 0.0786. The first-order valence-electron chi connectivity index (χ1n) is 8.06. The molecule has 0 fully saturated rings. The van der Waals surface area contributed by atoms with Crippen LogP contribution in [0.2, 0.25) is 0 Å². The second kappa shape index (κ2) is 6.66. The number of fused-ring (bicyclic) bond motifs is 1. The van der Waals surface area contributed by atoms with Crippen LogP contribution in [0.4, 0.5) is 0 Å². The average Bonchev–Trinajstić information content (AvgIpc) is 3.05. The van der Waals surface area contributed by atoms with Crippen LogP contribution in [-0.2, 0) is 27.8 Å². The summed E-state index contributed by atoms with van der Waals surface area (Å²) in [6, 6.07) is 8.28. The molecular weight excluding hydrogens is 326 g/mol. The lowest BCUT2D eigenvalue weighted by atomic mass is 9.99. The molecule has 1 aliphatic rings. The Morgan fingerprint density at radius 3 is 2.71 bits per heavy atom. The van der Waals surface area contributed by atoms with Crippen LogP contribution in [0.3, 0.4) is 0 Å². The second-order valence-corrected chi connectivity index (χ2v) is 8.44. The average molecular weight is 349 g/mol. The van der Waals surface area contributed by atoms with E-state index in [4.69, 9.17) is 4.74 Å². The van der Waals surface area contributed by atoms with Crippen molar-refractivity contribution >= 4 is 10.0 Å². The van der Waals surface area contributed by atoms with E-state index in [0.717, 1.165) is 6.42 Å². The summed E-state index contributed by atoms with van der Waals surface area (Å²) >= 11 is 0. The SMILES string of the molecule is CC(C)n1cnc(S(=O)(=O)N(C)C[C@@H]2Cc3ccccc3CO2)c1. The van der Waals surface area contributed by atoms with Gasteiger partial charge in [-0.1, -0.05) is 24.3 Å². The maximum absolute atomic E-state index is 12.7. The Morgan fingerprint density at radius 1 is 1.33 bits per heavy atom. The fraction of sp³-hybridized carbons (Fsp3) is 0.471. The molecule has 0 unspecified atom stereocenters. The normalized spacial score (nSPS) is 18.1. The van der Waals surface area contributed by atoms with Crippen LogP contribution >= 0.6 is 0 Å². The number of benzene rings is 1. The zero-order valence-electron chi connectivity index (χ0n) is 14.2. The molecule has 3 rings (SSSR count). The first kappa shape index (κ1) is 17.1. The van der Waals surface area contributed by atoms with E-state index in [1.54, 1.807) is 24.1 Å². The van der Waals surface area contributed by atoms with Crippen molar-refractivity contribution in [1.29, 1.82) is 0 Å². The van der Waals surface area contributed by atoms with Crippen molar-refractivity contribution in [2.45, 2.75) is 44.0 Å². The molecule has 0 amide bonds. The zero-order chi connectivity index (χ0) is 17.3. The predicted molar refractivity (Wildman–Crippen MR) is 91.2 cm³/mol. The zero-order valence-corrected chi connectivity index (χ0v) is 15.0. The fourth-order valence-electron chi connectivity index (χ4n) is 2.80. The van der Waals surface area contributed by atoms with Gasteiger partial charge in [0.2, 0.25) is 0 Å². The summed E-state index contributed by atoms with van der Waals surface area (Å²) in [5.74, 6) is 0. The van der Waals surface area contributed by atoms with Gasteiger partial charge in [-0.25, -0.2) is 13.4 Å². The van der Waals surface area contributed by atoms with Crippen LogP contribution in [0.15, 0.2) is 41.8 Å². The minimum atomic E-state index is -3.61. The number of ether oxygens (including phenoxy) is 1. The van der Waals surface area contributed by atoms with E-state index >= 15 is 0 Å². The lowest BCUT2D eigenvalue weighted by molar-refractivity contribution is 0.0202. The van der Waals surface area contributed by atoms with E-state index in [0.29, 0.717) is 13.2 Å². The Bertz CT molecular complexity index is 814. The van der Waals surface area contributed by atoms with Gasteiger partial charge in [-0.3, -0.25) is 0 Å². The van der Waals surface area contributed by atoms with Crippen molar-refractivity contribution in [1.82, 2.24) is 13.9 Å². The molecule has 1 atom stereocenters. The first-order valence-corrected chi connectivity index (χ1v) is 9.50. The van der Waals surface area contributed by atoms with Crippen molar-refractivity contribution in [3.05, 3.63) is 47.9 Å². The quantitative estimate of drug-likeness (QED) is 0.830. The van der Waals surface area contributed by atoms with Gasteiger partial charge in [0.05, 0.1) is 19.0 Å². The molecule has 1 aliphatic heterocycles. The molecule has 2 aromatic rings. The molecular formula is C17H23N3O3S. The number of imidazole rings is 1. The standard InChI is InChI=1S/C17H23N3O3S/c1-13(2)20-10-17(18-12-20)24(21,22)19(3)9-16-8-14-6-4-5-7-15(14)11-23-16/h4-7,10,12-13,16H,8-9,11H2,1-3H3/t16-/m0/s1. The topological polar surface area (TPSA) is 64.4 Å². The van der Waals surface area contributed by atoms with E-state index in [1.807, 2.05) is 32.0 Å². The third kappa shape index (κ3) is 3.38. The van der Waals surface area contributed by atoms with E-state index in [-0.39, 0.29) is 17.2 Å². The molecule has 0 saturated carbocycles. The summed E-state index contributed by atoms with van der Waals surface area (Å²) < 4.78 is 34.3. The number of hydrogen-bond acceptors (Lipinski definition) is 4. The van der Waals surface area contributed by atoms with Gasteiger partial charge in [-0.2, -0.15) is 4.31 Å². The minimum Gasteiger partial charge on any atom is -0.372 e. The van der Waals surface area contributed by atoms with Crippen LogP contribution < -0.4 is 0 Å². The van der Waals surface area contributed by atoms with Gasteiger partial charge in [0, 0.05) is 32.3 Å².